The number of fused-ring (bicyclic) bond motifs is 2. The van der Waals surface area contributed by atoms with Gasteiger partial charge in [0.2, 0.25) is 0 Å². The molecule has 0 amide bonds. The number of hydrogen-bond acceptors (Lipinski definition) is 6. The van der Waals surface area contributed by atoms with Gasteiger partial charge in [-0.3, -0.25) is 9.36 Å². The molecule has 1 aliphatic rings. The van der Waals surface area contributed by atoms with Crippen LogP contribution in [0.1, 0.15) is 31.0 Å². The summed E-state index contributed by atoms with van der Waals surface area (Å²) >= 11 is 1.31. The highest BCUT2D eigenvalue weighted by Gasteiger charge is 2.33. The fraction of sp³-hybridized carbons (Fsp3) is 0.194. The average Bonchev–Trinajstić information content (AvgIpc) is 3.44. The summed E-state index contributed by atoms with van der Waals surface area (Å²) in [5.41, 5.74) is 3.41. The number of hydrogen-bond donors (Lipinski definition) is 0. The first-order valence-electron chi connectivity index (χ1n) is 12.7. The van der Waals surface area contributed by atoms with Gasteiger partial charge in [-0.15, -0.1) is 6.58 Å². The fourth-order valence-corrected chi connectivity index (χ4v) is 5.87. The van der Waals surface area contributed by atoms with Crippen molar-refractivity contribution in [1.29, 1.82) is 0 Å². The Bertz CT molecular complexity index is 1790. The predicted molar refractivity (Wildman–Crippen MR) is 155 cm³/mol. The number of carbonyl (C=O) groups excluding carboxylic acids is 1. The van der Waals surface area contributed by atoms with Gasteiger partial charge in [-0.2, -0.15) is 0 Å². The second kappa shape index (κ2) is 11.1. The maximum atomic E-state index is 14.0. The Balaban J connectivity index is 1.69. The van der Waals surface area contributed by atoms with Crippen LogP contribution in [0.2, 0.25) is 0 Å². The molecule has 8 heteroatoms. The smallest absolute Gasteiger partial charge is 0.338 e. The van der Waals surface area contributed by atoms with Crippen molar-refractivity contribution in [2.75, 3.05) is 13.2 Å². The Labute approximate surface area is 230 Å². The van der Waals surface area contributed by atoms with Crippen LogP contribution < -0.4 is 19.6 Å². The van der Waals surface area contributed by atoms with Crippen molar-refractivity contribution in [1.82, 2.24) is 9.13 Å². The molecule has 7 nitrogen and oxygen atoms in total. The molecule has 1 unspecified atom stereocenters. The number of para-hydroxylation sites is 1. The lowest BCUT2D eigenvalue weighted by atomic mass is 9.96. The zero-order valence-corrected chi connectivity index (χ0v) is 22.7. The molecule has 0 bridgehead atoms. The zero-order chi connectivity index (χ0) is 27.5. The highest BCUT2D eigenvalue weighted by molar-refractivity contribution is 7.07. The molecule has 198 valence electrons. The minimum absolute atomic E-state index is 0.217. The van der Waals surface area contributed by atoms with Crippen LogP contribution in [-0.2, 0) is 16.1 Å². The summed E-state index contributed by atoms with van der Waals surface area (Å²) in [6.07, 6.45) is 7.45. The van der Waals surface area contributed by atoms with Crippen LogP contribution in [0.25, 0.3) is 17.0 Å². The molecule has 0 radical (unpaired) electrons. The molecule has 3 heterocycles. The highest BCUT2D eigenvalue weighted by atomic mass is 32.1. The standard InChI is InChI=1S/C31H29N3O4S/c1-5-16-33-19-22(24-10-8-9-11-25(24)33)18-26-29(35)34-28(21-12-14-23(15-13-21)38-17-6-2)27(30(36)37-7-3)20(4)32-31(34)39-26/h5-6,8-15,18-19,28H,1-2,7,16-17H2,3-4H3/b26-18-. The largest absolute Gasteiger partial charge is 0.490 e. The van der Waals surface area contributed by atoms with E-state index in [1.165, 1.54) is 11.3 Å². The van der Waals surface area contributed by atoms with E-state index in [-0.39, 0.29) is 12.2 Å². The normalized spacial score (nSPS) is 15.1. The monoisotopic (exact) mass is 539 g/mol. The molecular weight excluding hydrogens is 510 g/mol. The summed E-state index contributed by atoms with van der Waals surface area (Å²) in [7, 11) is 0. The van der Waals surface area contributed by atoms with Crippen LogP contribution in [0.3, 0.4) is 0 Å². The fourth-order valence-electron chi connectivity index (χ4n) is 4.83. The molecule has 0 aliphatic carbocycles. The molecule has 0 fully saturated rings. The van der Waals surface area contributed by atoms with Crippen molar-refractivity contribution >= 4 is 34.3 Å². The molecule has 39 heavy (non-hydrogen) atoms. The van der Waals surface area contributed by atoms with Gasteiger partial charge < -0.3 is 14.0 Å². The number of esters is 1. The van der Waals surface area contributed by atoms with Gasteiger partial charge in [-0.1, -0.05) is 60.4 Å². The van der Waals surface area contributed by atoms with E-state index >= 15 is 0 Å². The number of carbonyl (C=O) groups is 1. The quantitative estimate of drug-likeness (QED) is 0.232. The van der Waals surface area contributed by atoms with E-state index in [1.54, 1.807) is 24.5 Å². The summed E-state index contributed by atoms with van der Waals surface area (Å²) < 4.78 is 15.2. The first kappa shape index (κ1) is 26.2. The Morgan fingerprint density at radius 1 is 1.13 bits per heavy atom. The molecule has 0 N–H and O–H groups in total. The van der Waals surface area contributed by atoms with Gasteiger partial charge >= 0.3 is 5.97 Å². The summed E-state index contributed by atoms with van der Waals surface area (Å²) in [4.78, 5) is 32.3. The average molecular weight is 540 g/mol. The van der Waals surface area contributed by atoms with Gasteiger partial charge in [0.25, 0.3) is 5.56 Å². The Morgan fingerprint density at radius 3 is 2.62 bits per heavy atom. The van der Waals surface area contributed by atoms with E-state index in [0.717, 1.165) is 22.0 Å². The number of allylic oxidation sites excluding steroid dienone is 2. The van der Waals surface area contributed by atoms with Gasteiger partial charge in [0.1, 0.15) is 12.4 Å². The molecule has 1 aliphatic heterocycles. The number of nitrogens with zero attached hydrogens (tertiary/aromatic N) is 3. The molecule has 2 aromatic carbocycles. The lowest BCUT2D eigenvalue weighted by Crippen LogP contribution is -2.39. The van der Waals surface area contributed by atoms with E-state index in [1.807, 2.05) is 60.8 Å². The van der Waals surface area contributed by atoms with Crippen LogP contribution in [-0.4, -0.2) is 28.3 Å². The predicted octanol–water partition coefficient (Wildman–Crippen LogP) is 4.50. The lowest BCUT2D eigenvalue weighted by Gasteiger charge is -2.24. The van der Waals surface area contributed by atoms with Gasteiger partial charge in [0, 0.05) is 29.2 Å². The first-order chi connectivity index (χ1) is 19.0. The summed E-state index contributed by atoms with van der Waals surface area (Å²) in [6.45, 7) is 12.3. The number of rotatable bonds is 9. The summed E-state index contributed by atoms with van der Waals surface area (Å²) in [6, 6.07) is 14.8. The molecule has 0 saturated heterocycles. The van der Waals surface area contributed by atoms with Crippen LogP contribution in [0.15, 0.2) is 101 Å². The molecule has 5 rings (SSSR count). The van der Waals surface area contributed by atoms with Gasteiger partial charge in [-0.25, -0.2) is 9.79 Å². The van der Waals surface area contributed by atoms with Gasteiger partial charge in [0.05, 0.1) is 28.5 Å². The third-order valence-corrected chi connectivity index (χ3v) is 7.50. The highest BCUT2D eigenvalue weighted by Crippen LogP contribution is 2.31. The molecule has 4 aromatic rings. The van der Waals surface area contributed by atoms with Crippen LogP contribution in [0.4, 0.5) is 0 Å². The molecule has 0 spiro atoms. The van der Waals surface area contributed by atoms with Crippen LogP contribution >= 0.6 is 11.3 Å². The Morgan fingerprint density at radius 2 is 1.90 bits per heavy atom. The van der Waals surface area contributed by atoms with Gasteiger partial charge in [0.15, 0.2) is 4.80 Å². The number of ether oxygens (including phenoxy) is 2. The number of aromatic nitrogens is 2. The SMILES string of the molecule is C=CCOc1ccc(C2C(C(=O)OCC)=C(C)N=c3s/c(=C\c4cn(CC=C)c5ccccc45)c(=O)n32)cc1. The minimum Gasteiger partial charge on any atom is -0.490 e. The number of thiazole rings is 1. The third-order valence-electron chi connectivity index (χ3n) is 6.51. The van der Waals surface area contributed by atoms with E-state index in [2.05, 4.69) is 28.8 Å². The zero-order valence-electron chi connectivity index (χ0n) is 21.9. The van der Waals surface area contributed by atoms with Crippen LogP contribution in [0.5, 0.6) is 5.75 Å². The van der Waals surface area contributed by atoms with Crippen molar-refractivity contribution in [2.45, 2.75) is 26.4 Å². The maximum Gasteiger partial charge on any atom is 0.338 e. The maximum absolute atomic E-state index is 14.0. The topological polar surface area (TPSA) is 74.8 Å². The van der Waals surface area contributed by atoms with E-state index in [0.29, 0.717) is 39.5 Å². The molecule has 0 saturated carbocycles. The second-order valence-corrected chi connectivity index (χ2v) is 10.0. The molecule has 2 aromatic heterocycles. The Kier molecular flexibility index (Phi) is 7.47. The number of benzene rings is 2. The van der Waals surface area contributed by atoms with Crippen molar-refractivity contribution < 1.29 is 14.3 Å². The third kappa shape index (κ3) is 4.91. The van der Waals surface area contributed by atoms with Crippen molar-refractivity contribution in [2.24, 2.45) is 4.99 Å². The van der Waals surface area contributed by atoms with E-state index in [9.17, 15) is 9.59 Å². The second-order valence-electron chi connectivity index (χ2n) is 9.01. The van der Waals surface area contributed by atoms with Crippen LogP contribution in [0, 0.1) is 0 Å². The van der Waals surface area contributed by atoms with E-state index < -0.39 is 12.0 Å². The lowest BCUT2D eigenvalue weighted by molar-refractivity contribution is -0.139. The summed E-state index contributed by atoms with van der Waals surface area (Å²) in [5.74, 6) is 0.179. The first-order valence-corrected chi connectivity index (χ1v) is 13.5. The van der Waals surface area contributed by atoms with Gasteiger partial charge in [-0.05, 0) is 43.7 Å². The summed E-state index contributed by atoms with van der Waals surface area (Å²) in [5, 5.41) is 1.04. The van der Waals surface area contributed by atoms with Crippen molar-refractivity contribution in [3.8, 4) is 5.75 Å². The molecular formula is C31H29N3O4S. The van der Waals surface area contributed by atoms with Crippen molar-refractivity contribution in [3.05, 3.63) is 122 Å². The van der Waals surface area contributed by atoms with E-state index in [4.69, 9.17) is 9.47 Å². The molecule has 1 atom stereocenters. The Hall–Kier alpha value is -4.43. The minimum atomic E-state index is -0.682. The van der Waals surface area contributed by atoms with Crippen molar-refractivity contribution in [3.63, 3.8) is 0 Å².